The van der Waals surface area contributed by atoms with E-state index in [1.807, 2.05) is 24.6 Å². The van der Waals surface area contributed by atoms with Gasteiger partial charge in [0.2, 0.25) is 0 Å². The maximum Gasteiger partial charge on any atom is 0.147 e. The second-order valence-electron chi connectivity index (χ2n) is 5.95. The summed E-state index contributed by atoms with van der Waals surface area (Å²) in [7, 11) is 0. The van der Waals surface area contributed by atoms with Gasteiger partial charge in [0, 0.05) is 19.6 Å². The molecule has 1 aromatic carbocycles. The lowest BCUT2D eigenvalue weighted by Crippen LogP contribution is -2.44. The van der Waals surface area contributed by atoms with E-state index in [2.05, 4.69) is 51.4 Å². The molecule has 0 aliphatic carbocycles. The minimum absolute atomic E-state index is 0.175. The summed E-state index contributed by atoms with van der Waals surface area (Å²) in [5.41, 5.74) is 1.24. The van der Waals surface area contributed by atoms with E-state index in [0.29, 0.717) is 0 Å². The molecule has 5 nitrogen and oxygen atoms in total. The van der Waals surface area contributed by atoms with Crippen LogP contribution in [0, 0.1) is 13.8 Å². The minimum Gasteiger partial charge on any atom is -0.374 e. The predicted octanol–water partition coefficient (Wildman–Crippen LogP) is 2.31. The van der Waals surface area contributed by atoms with Crippen LogP contribution in [0.15, 0.2) is 36.4 Å². The van der Waals surface area contributed by atoms with Crippen LogP contribution in [0.5, 0.6) is 0 Å². The van der Waals surface area contributed by atoms with Gasteiger partial charge < -0.3 is 4.74 Å². The molecule has 3 rings (SSSR count). The molecule has 1 aliphatic heterocycles. The molecule has 2 heterocycles. The number of hydrogen-bond acceptors (Lipinski definition) is 4. The van der Waals surface area contributed by atoms with E-state index in [1.54, 1.807) is 0 Å². The highest BCUT2D eigenvalue weighted by molar-refractivity contribution is 5.48. The van der Waals surface area contributed by atoms with Gasteiger partial charge in [-0.2, -0.15) is 5.10 Å². The zero-order valence-electron chi connectivity index (χ0n) is 13.9. The predicted molar refractivity (Wildman–Crippen MR) is 91.2 cm³/mol. The molecule has 0 saturated carbocycles. The van der Waals surface area contributed by atoms with Gasteiger partial charge in [0.25, 0.3) is 0 Å². The quantitative estimate of drug-likeness (QED) is 0.850. The summed E-state index contributed by atoms with van der Waals surface area (Å²) in [6, 6.07) is 10.4. The summed E-state index contributed by atoms with van der Waals surface area (Å²) in [5.74, 6) is 1.77. The van der Waals surface area contributed by atoms with Crippen LogP contribution in [0.1, 0.15) is 17.2 Å². The number of ether oxygens (including phenoxy) is 1. The minimum atomic E-state index is 0.175. The van der Waals surface area contributed by atoms with E-state index in [4.69, 9.17) is 4.74 Å². The molecule has 1 atom stereocenters. The fourth-order valence-corrected chi connectivity index (χ4v) is 2.89. The number of benzene rings is 1. The highest BCUT2D eigenvalue weighted by atomic mass is 16.5. The molecule has 5 heteroatoms. The third-order valence-corrected chi connectivity index (χ3v) is 4.04. The number of hydrogen-bond donors (Lipinski definition) is 0. The van der Waals surface area contributed by atoms with Crippen molar-refractivity contribution in [3.8, 4) is 0 Å². The van der Waals surface area contributed by atoms with E-state index in [9.17, 15) is 0 Å². The summed E-state index contributed by atoms with van der Waals surface area (Å²) in [4.78, 5) is 6.77. The maximum atomic E-state index is 5.89. The van der Waals surface area contributed by atoms with Crippen LogP contribution in [-0.4, -0.2) is 52.0 Å². The van der Waals surface area contributed by atoms with Crippen molar-refractivity contribution in [1.82, 2.24) is 19.7 Å². The SMILES string of the molecule is Cc1nc(C)n(C[C@@H]2CN(C/C=C/c3ccccc3)CCO2)n1. The molecule has 1 aromatic heterocycles. The second-order valence-corrected chi connectivity index (χ2v) is 5.95. The molecular weight excluding hydrogens is 288 g/mol. The summed E-state index contributed by atoms with van der Waals surface area (Å²) in [6.45, 7) is 8.31. The Balaban J connectivity index is 1.52. The molecule has 0 amide bonds. The Kier molecular flexibility index (Phi) is 5.20. The van der Waals surface area contributed by atoms with Gasteiger partial charge in [-0.3, -0.25) is 4.90 Å². The van der Waals surface area contributed by atoms with Gasteiger partial charge in [-0.1, -0.05) is 42.5 Å². The van der Waals surface area contributed by atoms with E-state index in [-0.39, 0.29) is 6.10 Å². The smallest absolute Gasteiger partial charge is 0.147 e. The van der Waals surface area contributed by atoms with Gasteiger partial charge in [0.05, 0.1) is 19.3 Å². The van der Waals surface area contributed by atoms with Crippen LogP contribution in [-0.2, 0) is 11.3 Å². The molecule has 0 radical (unpaired) electrons. The van der Waals surface area contributed by atoms with Crippen LogP contribution in [0.2, 0.25) is 0 Å². The van der Waals surface area contributed by atoms with Crippen molar-refractivity contribution in [3.05, 3.63) is 53.6 Å². The normalized spacial score (nSPS) is 19.5. The molecule has 1 aliphatic rings. The van der Waals surface area contributed by atoms with E-state index >= 15 is 0 Å². The van der Waals surface area contributed by atoms with Crippen molar-refractivity contribution in [2.24, 2.45) is 0 Å². The van der Waals surface area contributed by atoms with Crippen molar-refractivity contribution in [1.29, 1.82) is 0 Å². The number of nitrogens with zero attached hydrogens (tertiary/aromatic N) is 4. The summed E-state index contributed by atoms with van der Waals surface area (Å²) < 4.78 is 7.83. The Bertz CT molecular complexity index is 650. The van der Waals surface area contributed by atoms with Crippen molar-refractivity contribution in [2.45, 2.75) is 26.5 Å². The van der Waals surface area contributed by atoms with Gasteiger partial charge in [0.15, 0.2) is 0 Å². The monoisotopic (exact) mass is 312 g/mol. The average Bonchev–Trinajstić information content (AvgIpc) is 2.86. The fraction of sp³-hybridized carbons (Fsp3) is 0.444. The lowest BCUT2D eigenvalue weighted by atomic mass is 10.2. The number of rotatable bonds is 5. The molecule has 1 saturated heterocycles. The first kappa shape index (κ1) is 15.9. The van der Waals surface area contributed by atoms with Crippen LogP contribution >= 0.6 is 0 Å². The fourth-order valence-electron chi connectivity index (χ4n) is 2.89. The Morgan fingerprint density at radius 2 is 2.09 bits per heavy atom. The molecule has 1 fully saturated rings. The van der Waals surface area contributed by atoms with E-state index in [1.165, 1.54) is 5.56 Å². The largest absolute Gasteiger partial charge is 0.374 e. The third-order valence-electron chi connectivity index (χ3n) is 4.04. The Morgan fingerprint density at radius 3 is 2.83 bits per heavy atom. The van der Waals surface area contributed by atoms with Gasteiger partial charge in [-0.25, -0.2) is 9.67 Å². The van der Waals surface area contributed by atoms with Crippen molar-refractivity contribution >= 4 is 6.08 Å². The van der Waals surface area contributed by atoms with Gasteiger partial charge in [-0.05, 0) is 19.4 Å². The van der Waals surface area contributed by atoms with Crippen molar-refractivity contribution in [3.63, 3.8) is 0 Å². The van der Waals surface area contributed by atoms with Crippen LogP contribution in [0.4, 0.5) is 0 Å². The zero-order chi connectivity index (χ0) is 16.1. The number of morpholine rings is 1. The van der Waals surface area contributed by atoms with Crippen LogP contribution in [0.3, 0.4) is 0 Å². The van der Waals surface area contributed by atoms with E-state index in [0.717, 1.165) is 44.4 Å². The standard InChI is InChI=1S/C18H24N4O/c1-15-19-16(2)22(20-15)14-18-13-21(11-12-23-18)10-6-9-17-7-4-3-5-8-17/h3-9,18H,10-14H2,1-2H3/b9-6+/t18-/m0/s1. The summed E-state index contributed by atoms with van der Waals surface area (Å²) >= 11 is 0. The third kappa shape index (κ3) is 4.50. The van der Waals surface area contributed by atoms with Crippen LogP contribution < -0.4 is 0 Å². The second kappa shape index (κ2) is 7.53. The summed E-state index contributed by atoms with van der Waals surface area (Å²) in [5, 5.41) is 4.42. The number of aromatic nitrogens is 3. The van der Waals surface area contributed by atoms with Crippen LogP contribution in [0.25, 0.3) is 6.08 Å². The molecule has 0 spiro atoms. The van der Waals surface area contributed by atoms with Crippen molar-refractivity contribution < 1.29 is 4.74 Å². The van der Waals surface area contributed by atoms with Gasteiger partial charge in [0.1, 0.15) is 11.6 Å². The first-order valence-corrected chi connectivity index (χ1v) is 8.14. The summed E-state index contributed by atoms with van der Waals surface area (Å²) in [6.07, 6.45) is 4.58. The van der Waals surface area contributed by atoms with Crippen molar-refractivity contribution in [2.75, 3.05) is 26.2 Å². The molecule has 122 valence electrons. The lowest BCUT2D eigenvalue weighted by molar-refractivity contribution is -0.0341. The van der Waals surface area contributed by atoms with Gasteiger partial charge >= 0.3 is 0 Å². The highest BCUT2D eigenvalue weighted by Gasteiger charge is 2.21. The Hall–Kier alpha value is -1.98. The molecule has 0 unspecified atom stereocenters. The highest BCUT2D eigenvalue weighted by Crippen LogP contribution is 2.09. The Morgan fingerprint density at radius 1 is 1.26 bits per heavy atom. The topological polar surface area (TPSA) is 43.2 Å². The molecule has 23 heavy (non-hydrogen) atoms. The lowest BCUT2D eigenvalue weighted by Gasteiger charge is -2.32. The molecular formula is C18H24N4O. The molecule has 0 N–H and O–H groups in total. The zero-order valence-corrected chi connectivity index (χ0v) is 13.9. The molecule has 0 bridgehead atoms. The van der Waals surface area contributed by atoms with Gasteiger partial charge in [-0.15, -0.1) is 0 Å². The first-order chi connectivity index (χ1) is 11.2. The Labute approximate surface area is 137 Å². The van der Waals surface area contributed by atoms with E-state index < -0.39 is 0 Å². The number of aryl methyl sites for hydroxylation is 2. The maximum absolute atomic E-state index is 5.89. The first-order valence-electron chi connectivity index (χ1n) is 8.14. The average molecular weight is 312 g/mol. The molecule has 2 aromatic rings.